The maximum Gasteiger partial charge on any atom is 0.135 e. The van der Waals surface area contributed by atoms with Crippen LogP contribution in [0.4, 0.5) is 17.1 Å². The number of nitrogens with one attached hydrogen (secondary N) is 2. The molecular weight excluding hydrogens is 248 g/mol. The minimum atomic E-state index is 0.466. The summed E-state index contributed by atoms with van der Waals surface area (Å²) >= 11 is 8.87. The van der Waals surface area contributed by atoms with Crippen molar-refractivity contribution in [3.8, 4) is 0 Å². The smallest absolute Gasteiger partial charge is 0.135 e. The summed E-state index contributed by atoms with van der Waals surface area (Å²) in [5.74, 6) is 0. The van der Waals surface area contributed by atoms with Gasteiger partial charge in [-0.25, -0.2) is 0 Å². The lowest BCUT2D eigenvalue weighted by Crippen LogP contribution is -2.00. The summed E-state index contributed by atoms with van der Waals surface area (Å²) in [6.07, 6.45) is 0. The molecule has 0 radical (unpaired) electrons. The molecule has 0 fully saturated rings. The lowest BCUT2D eigenvalue weighted by atomic mass is 10.2. The molecule has 2 N–H and O–H groups in total. The van der Waals surface area contributed by atoms with Crippen molar-refractivity contribution in [2.45, 2.75) is 0 Å². The summed E-state index contributed by atoms with van der Waals surface area (Å²) in [7, 11) is 0. The van der Waals surface area contributed by atoms with Crippen molar-refractivity contribution in [2.75, 3.05) is 10.6 Å². The van der Waals surface area contributed by atoms with Crippen LogP contribution in [0.3, 0.4) is 0 Å². The molecule has 0 unspecified atom stereocenters. The van der Waals surface area contributed by atoms with E-state index in [0.717, 1.165) is 17.1 Å². The van der Waals surface area contributed by atoms with Gasteiger partial charge < -0.3 is 10.6 Å². The van der Waals surface area contributed by atoms with Crippen molar-refractivity contribution in [3.63, 3.8) is 0 Å². The standard InChI is InChI=1S/C13H12N2S2/c16-13(17)15-12-8-6-11(7-9-12)14-10-4-2-1-3-5-10/h1-9,14H,(H2,15,16,17). The maximum atomic E-state index is 4.85. The topological polar surface area (TPSA) is 24.1 Å². The molecule has 2 rings (SSSR count). The number of benzene rings is 2. The zero-order valence-electron chi connectivity index (χ0n) is 9.05. The molecular formula is C13H12N2S2. The van der Waals surface area contributed by atoms with Crippen molar-refractivity contribution >= 4 is 46.2 Å². The second-order valence-corrected chi connectivity index (χ2v) is 4.66. The van der Waals surface area contributed by atoms with E-state index in [9.17, 15) is 0 Å². The van der Waals surface area contributed by atoms with Crippen LogP contribution in [-0.4, -0.2) is 4.32 Å². The fourth-order valence-electron chi connectivity index (χ4n) is 1.45. The van der Waals surface area contributed by atoms with E-state index in [-0.39, 0.29) is 0 Å². The minimum absolute atomic E-state index is 0.466. The second kappa shape index (κ2) is 5.70. The van der Waals surface area contributed by atoms with Crippen LogP contribution in [-0.2, 0) is 0 Å². The molecule has 0 saturated heterocycles. The number of thiocarbonyl (C=S) groups is 1. The third-order valence-corrected chi connectivity index (χ3v) is 2.41. The van der Waals surface area contributed by atoms with Gasteiger partial charge in [0.05, 0.1) is 0 Å². The highest BCUT2D eigenvalue weighted by Crippen LogP contribution is 2.18. The Morgan fingerprint density at radius 3 is 1.94 bits per heavy atom. The van der Waals surface area contributed by atoms with Gasteiger partial charge in [0.15, 0.2) is 0 Å². The van der Waals surface area contributed by atoms with Gasteiger partial charge in [0.1, 0.15) is 4.32 Å². The van der Waals surface area contributed by atoms with Gasteiger partial charge >= 0.3 is 0 Å². The van der Waals surface area contributed by atoms with E-state index in [0.29, 0.717) is 4.32 Å². The lowest BCUT2D eigenvalue weighted by molar-refractivity contribution is 1.54. The van der Waals surface area contributed by atoms with Crippen LogP contribution < -0.4 is 10.6 Å². The number of rotatable bonds is 3. The Morgan fingerprint density at radius 1 is 0.824 bits per heavy atom. The SMILES string of the molecule is S=C(S)Nc1ccc(Nc2ccccc2)cc1. The molecule has 86 valence electrons. The largest absolute Gasteiger partial charge is 0.356 e. The molecule has 0 saturated carbocycles. The number of anilines is 3. The first kappa shape index (κ1) is 12.0. The Morgan fingerprint density at radius 2 is 1.35 bits per heavy atom. The Balaban J connectivity index is 2.06. The molecule has 17 heavy (non-hydrogen) atoms. The summed E-state index contributed by atoms with van der Waals surface area (Å²) in [4.78, 5) is 0. The van der Waals surface area contributed by atoms with Gasteiger partial charge in [-0.2, -0.15) is 0 Å². The van der Waals surface area contributed by atoms with Crippen LogP contribution in [0.25, 0.3) is 0 Å². The Bertz CT molecular complexity index is 495. The van der Waals surface area contributed by atoms with E-state index in [4.69, 9.17) is 12.2 Å². The monoisotopic (exact) mass is 260 g/mol. The van der Waals surface area contributed by atoms with Gasteiger partial charge in [-0.05, 0) is 36.4 Å². The fourth-order valence-corrected chi connectivity index (χ4v) is 1.70. The Hall–Kier alpha value is -1.52. The van der Waals surface area contributed by atoms with Crippen molar-refractivity contribution in [2.24, 2.45) is 0 Å². The molecule has 2 nitrogen and oxygen atoms in total. The average molecular weight is 260 g/mol. The van der Waals surface area contributed by atoms with Gasteiger partial charge in [0.2, 0.25) is 0 Å². The second-order valence-electron chi connectivity index (χ2n) is 3.50. The normalized spacial score (nSPS) is 9.71. The van der Waals surface area contributed by atoms with E-state index >= 15 is 0 Å². The highest BCUT2D eigenvalue weighted by molar-refractivity contribution is 8.11. The predicted molar refractivity (Wildman–Crippen MR) is 81.4 cm³/mol. The molecule has 0 heterocycles. The van der Waals surface area contributed by atoms with Crippen molar-refractivity contribution in [3.05, 3.63) is 54.6 Å². The summed E-state index contributed by atoms with van der Waals surface area (Å²) in [5, 5.41) is 6.27. The number of hydrogen-bond donors (Lipinski definition) is 3. The van der Waals surface area contributed by atoms with E-state index < -0.39 is 0 Å². The molecule has 0 atom stereocenters. The molecule has 2 aromatic carbocycles. The van der Waals surface area contributed by atoms with Crippen molar-refractivity contribution < 1.29 is 0 Å². The zero-order chi connectivity index (χ0) is 12.1. The first-order valence-corrected chi connectivity index (χ1v) is 6.02. The third-order valence-electron chi connectivity index (χ3n) is 2.20. The summed E-state index contributed by atoms with van der Waals surface area (Å²) in [6.45, 7) is 0. The van der Waals surface area contributed by atoms with Crippen LogP contribution >= 0.6 is 24.8 Å². The molecule has 0 aliphatic rings. The molecule has 2 aromatic rings. The van der Waals surface area contributed by atoms with Gasteiger partial charge in [-0.1, -0.05) is 30.4 Å². The lowest BCUT2D eigenvalue weighted by Gasteiger charge is -2.08. The highest BCUT2D eigenvalue weighted by atomic mass is 32.1. The number of hydrogen-bond acceptors (Lipinski definition) is 2. The van der Waals surface area contributed by atoms with Gasteiger partial charge in [0, 0.05) is 17.1 Å². The highest BCUT2D eigenvalue weighted by Gasteiger charge is 1.95. The first-order valence-electron chi connectivity index (χ1n) is 5.16. The fraction of sp³-hybridized carbons (Fsp3) is 0. The van der Waals surface area contributed by atoms with Gasteiger partial charge in [0.25, 0.3) is 0 Å². The van der Waals surface area contributed by atoms with Crippen LogP contribution in [0.1, 0.15) is 0 Å². The molecule has 4 heteroatoms. The summed E-state index contributed by atoms with van der Waals surface area (Å²) in [5.41, 5.74) is 3.04. The van der Waals surface area contributed by atoms with Crippen LogP contribution in [0.5, 0.6) is 0 Å². The summed E-state index contributed by atoms with van der Waals surface area (Å²) in [6, 6.07) is 17.9. The Labute approximate surface area is 111 Å². The third kappa shape index (κ3) is 3.76. The van der Waals surface area contributed by atoms with E-state index in [1.165, 1.54) is 0 Å². The van der Waals surface area contributed by atoms with Crippen LogP contribution in [0.2, 0.25) is 0 Å². The molecule has 0 aliphatic carbocycles. The molecule has 0 aromatic heterocycles. The average Bonchev–Trinajstić information content (AvgIpc) is 2.32. The molecule has 0 bridgehead atoms. The molecule has 0 amide bonds. The van der Waals surface area contributed by atoms with E-state index in [1.54, 1.807) is 0 Å². The predicted octanol–water partition coefficient (Wildman–Crippen LogP) is 4.06. The number of para-hydroxylation sites is 1. The van der Waals surface area contributed by atoms with Gasteiger partial charge in [-0.15, -0.1) is 12.6 Å². The molecule has 0 aliphatic heterocycles. The number of thiol groups is 1. The van der Waals surface area contributed by atoms with Crippen molar-refractivity contribution in [1.82, 2.24) is 0 Å². The Kier molecular flexibility index (Phi) is 4.01. The summed E-state index contributed by atoms with van der Waals surface area (Å²) < 4.78 is 0.466. The first-order chi connectivity index (χ1) is 8.24. The quantitative estimate of drug-likeness (QED) is 0.573. The maximum absolute atomic E-state index is 4.85. The van der Waals surface area contributed by atoms with Crippen LogP contribution in [0, 0.1) is 0 Å². The van der Waals surface area contributed by atoms with Crippen LogP contribution in [0.15, 0.2) is 54.6 Å². The van der Waals surface area contributed by atoms with E-state index in [2.05, 4.69) is 23.3 Å². The van der Waals surface area contributed by atoms with Gasteiger partial charge in [-0.3, -0.25) is 0 Å². The zero-order valence-corrected chi connectivity index (χ0v) is 10.8. The van der Waals surface area contributed by atoms with E-state index in [1.807, 2.05) is 54.6 Å². The van der Waals surface area contributed by atoms with Crippen molar-refractivity contribution in [1.29, 1.82) is 0 Å². The molecule has 0 spiro atoms. The minimum Gasteiger partial charge on any atom is -0.356 e.